The van der Waals surface area contributed by atoms with Crippen LogP contribution in [-0.4, -0.2) is 78.2 Å². The van der Waals surface area contributed by atoms with Crippen LogP contribution in [0.2, 0.25) is 0 Å². The van der Waals surface area contributed by atoms with Gasteiger partial charge in [-0.25, -0.2) is 4.98 Å². The monoisotopic (exact) mass is 372 g/mol. The Morgan fingerprint density at radius 3 is 2.48 bits per heavy atom. The van der Waals surface area contributed by atoms with Gasteiger partial charge >= 0.3 is 0 Å². The van der Waals surface area contributed by atoms with E-state index < -0.39 is 0 Å². The molecule has 3 fully saturated rings. The summed E-state index contributed by atoms with van der Waals surface area (Å²) in [4.78, 5) is 17.0. The van der Waals surface area contributed by atoms with Crippen LogP contribution < -0.4 is 10.2 Å². The maximum absolute atomic E-state index is 4.86. The summed E-state index contributed by atoms with van der Waals surface area (Å²) in [7, 11) is 2.24. The molecule has 3 saturated heterocycles. The van der Waals surface area contributed by atoms with Crippen molar-refractivity contribution in [2.45, 2.75) is 63.5 Å². The lowest BCUT2D eigenvalue weighted by Gasteiger charge is -2.41. The fraction of sp³-hybridized carbons (Fsp3) is 0.810. The van der Waals surface area contributed by atoms with Crippen LogP contribution in [0, 0.1) is 0 Å². The second kappa shape index (κ2) is 9.20. The third kappa shape index (κ3) is 5.11. The van der Waals surface area contributed by atoms with E-state index in [0.717, 1.165) is 37.4 Å². The number of aromatic nitrogens is 2. The summed E-state index contributed by atoms with van der Waals surface area (Å²) in [5, 5.41) is 3.65. The molecule has 0 saturated carbocycles. The summed E-state index contributed by atoms with van der Waals surface area (Å²) in [6, 6.07) is 3.30. The second-order valence-corrected chi connectivity index (χ2v) is 8.65. The van der Waals surface area contributed by atoms with Gasteiger partial charge < -0.3 is 15.1 Å². The van der Waals surface area contributed by atoms with Crippen LogP contribution in [0.1, 0.15) is 51.4 Å². The molecule has 27 heavy (non-hydrogen) atoms. The van der Waals surface area contributed by atoms with Gasteiger partial charge in [0, 0.05) is 37.9 Å². The summed E-state index contributed by atoms with van der Waals surface area (Å²) in [5.74, 6) is 1.91. The van der Waals surface area contributed by atoms with Gasteiger partial charge in [-0.15, -0.1) is 0 Å². The smallest absolute Gasteiger partial charge is 0.224 e. The Kier molecular flexibility index (Phi) is 6.45. The zero-order valence-corrected chi connectivity index (χ0v) is 16.9. The number of hydrogen-bond acceptors (Lipinski definition) is 6. The van der Waals surface area contributed by atoms with Gasteiger partial charge in [0.05, 0.1) is 0 Å². The van der Waals surface area contributed by atoms with Crippen LogP contribution in [0.4, 0.5) is 11.8 Å². The van der Waals surface area contributed by atoms with Crippen molar-refractivity contribution in [1.82, 2.24) is 19.8 Å². The van der Waals surface area contributed by atoms with E-state index in [-0.39, 0.29) is 0 Å². The van der Waals surface area contributed by atoms with E-state index in [1.54, 1.807) is 0 Å². The number of nitrogens with one attached hydrogen (secondary N) is 1. The quantitative estimate of drug-likeness (QED) is 0.877. The average molecular weight is 373 g/mol. The minimum Gasteiger partial charge on any atom is -0.356 e. The largest absolute Gasteiger partial charge is 0.356 e. The molecule has 1 aromatic rings. The lowest BCUT2D eigenvalue weighted by molar-refractivity contribution is 0.0978. The molecule has 1 aromatic heterocycles. The van der Waals surface area contributed by atoms with Crippen LogP contribution in [-0.2, 0) is 0 Å². The Bertz CT molecular complexity index is 578. The molecule has 150 valence electrons. The van der Waals surface area contributed by atoms with Gasteiger partial charge in [0.2, 0.25) is 5.95 Å². The Morgan fingerprint density at radius 2 is 1.70 bits per heavy atom. The summed E-state index contributed by atoms with van der Waals surface area (Å²) >= 11 is 0. The standard InChI is InChI=1S/C21H36N6/c1-25-15-9-19(10-16-25)27-14-6-7-18(17-27)23-21-22-11-8-20(24-21)26-12-4-2-3-5-13-26/h8,11,18-19H,2-7,9-10,12-17H2,1H3,(H,22,23,24). The fourth-order valence-electron chi connectivity index (χ4n) is 4.89. The number of nitrogens with zero attached hydrogens (tertiary/aromatic N) is 5. The Hall–Kier alpha value is -1.40. The topological polar surface area (TPSA) is 47.5 Å². The van der Waals surface area contributed by atoms with E-state index in [9.17, 15) is 0 Å². The highest BCUT2D eigenvalue weighted by molar-refractivity contribution is 5.43. The SMILES string of the molecule is CN1CCC(N2CCCC(Nc3nccc(N4CCCCCC4)n3)C2)CC1. The first-order valence-electron chi connectivity index (χ1n) is 11.0. The van der Waals surface area contributed by atoms with Crippen LogP contribution in [0.5, 0.6) is 0 Å². The van der Waals surface area contributed by atoms with Gasteiger partial charge in [-0.05, 0) is 71.3 Å². The van der Waals surface area contributed by atoms with E-state index >= 15 is 0 Å². The Balaban J connectivity index is 1.35. The van der Waals surface area contributed by atoms with Crippen molar-refractivity contribution >= 4 is 11.8 Å². The van der Waals surface area contributed by atoms with Gasteiger partial charge in [0.1, 0.15) is 5.82 Å². The molecule has 3 aliphatic rings. The molecule has 4 heterocycles. The molecule has 0 spiro atoms. The van der Waals surface area contributed by atoms with Gasteiger partial charge in [0.15, 0.2) is 0 Å². The lowest BCUT2D eigenvalue weighted by Crippen LogP contribution is -2.50. The normalized spacial score (nSPS) is 26.7. The highest BCUT2D eigenvalue weighted by Gasteiger charge is 2.28. The third-order valence-electron chi connectivity index (χ3n) is 6.56. The average Bonchev–Trinajstić information content (AvgIpc) is 2.99. The van der Waals surface area contributed by atoms with Crippen LogP contribution >= 0.6 is 0 Å². The maximum Gasteiger partial charge on any atom is 0.224 e. The number of anilines is 2. The first-order valence-corrected chi connectivity index (χ1v) is 11.0. The summed E-state index contributed by atoms with van der Waals surface area (Å²) in [6.45, 7) is 7.11. The minimum absolute atomic E-state index is 0.470. The van der Waals surface area contributed by atoms with Crippen LogP contribution in [0.15, 0.2) is 12.3 Å². The Labute approximate surface area is 164 Å². The predicted octanol–water partition coefficient (Wildman–Crippen LogP) is 2.83. The number of piperidine rings is 2. The van der Waals surface area contributed by atoms with Gasteiger partial charge in [0.25, 0.3) is 0 Å². The summed E-state index contributed by atoms with van der Waals surface area (Å²) in [5.41, 5.74) is 0. The molecular formula is C21H36N6. The zero-order valence-electron chi connectivity index (χ0n) is 16.9. The summed E-state index contributed by atoms with van der Waals surface area (Å²) < 4.78 is 0. The fourth-order valence-corrected chi connectivity index (χ4v) is 4.89. The molecule has 0 aliphatic carbocycles. The van der Waals surface area contributed by atoms with Crippen molar-refractivity contribution in [2.75, 3.05) is 56.5 Å². The van der Waals surface area contributed by atoms with E-state index in [1.165, 1.54) is 71.0 Å². The summed E-state index contributed by atoms with van der Waals surface area (Å²) in [6.07, 6.45) is 12.3. The van der Waals surface area contributed by atoms with Gasteiger partial charge in [-0.3, -0.25) is 4.90 Å². The van der Waals surface area contributed by atoms with Crippen LogP contribution in [0.3, 0.4) is 0 Å². The first-order chi connectivity index (χ1) is 13.3. The number of rotatable bonds is 4. The van der Waals surface area contributed by atoms with Gasteiger partial charge in [-0.2, -0.15) is 4.98 Å². The molecule has 3 aliphatic heterocycles. The molecule has 1 N–H and O–H groups in total. The number of likely N-dealkylation sites (tertiary alicyclic amines) is 2. The van der Waals surface area contributed by atoms with E-state index in [0.29, 0.717) is 6.04 Å². The maximum atomic E-state index is 4.86. The van der Waals surface area contributed by atoms with E-state index in [4.69, 9.17) is 4.98 Å². The van der Waals surface area contributed by atoms with Crippen molar-refractivity contribution in [3.05, 3.63) is 12.3 Å². The van der Waals surface area contributed by atoms with Crippen LogP contribution in [0.25, 0.3) is 0 Å². The molecule has 1 atom stereocenters. The highest BCUT2D eigenvalue weighted by Crippen LogP contribution is 2.23. The highest BCUT2D eigenvalue weighted by atomic mass is 15.3. The molecule has 0 bridgehead atoms. The molecule has 0 amide bonds. The lowest BCUT2D eigenvalue weighted by atomic mass is 9.98. The molecule has 4 rings (SSSR count). The van der Waals surface area contributed by atoms with Crippen molar-refractivity contribution in [3.63, 3.8) is 0 Å². The molecule has 0 radical (unpaired) electrons. The third-order valence-corrected chi connectivity index (χ3v) is 6.56. The predicted molar refractivity (Wildman–Crippen MR) is 111 cm³/mol. The molecule has 1 unspecified atom stereocenters. The van der Waals surface area contributed by atoms with E-state index in [2.05, 4.69) is 38.1 Å². The van der Waals surface area contributed by atoms with Gasteiger partial charge in [-0.1, -0.05) is 12.8 Å². The zero-order chi connectivity index (χ0) is 18.5. The molecule has 0 aromatic carbocycles. The van der Waals surface area contributed by atoms with E-state index in [1.807, 2.05) is 6.20 Å². The van der Waals surface area contributed by atoms with Crippen molar-refractivity contribution in [3.8, 4) is 0 Å². The van der Waals surface area contributed by atoms with Crippen molar-refractivity contribution < 1.29 is 0 Å². The molecule has 6 nitrogen and oxygen atoms in total. The van der Waals surface area contributed by atoms with Crippen molar-refractivity contribution in [2.24, 2.45) is 0 Å². The molecular weight excluding hydrogens is 336 g/mol. The molecule has 6 heteroatoms. The van der Waals surface area contributed by atoms with Crippen molar-refractivity contribution in [1.29, 1.82) is 0 Å². The second-order valence-electron chi connectivity index (χ2n) is 8.65. The minimum atomic E-state index is 0.470. The first kappa shape index (κ1) is 18.9. The number of hydrogen-bond donors (Lipinski definition) is 1. The Morgan fingerprint density at radius 1 is 0.926 bits per heavy atom.